The van der Waals surface area contributed by atoms with Gasteiger partial charge in [-0.2, -0.15) is 0 Å². The maximum Gasteiger partial charge on any atom is 0.192 e. The summed E-state index contributed by atoms with van der Waals surface area (Å²) in [4.78, 5) is 11.2. The van der Waals surface area contributed by atoms with Crippen molar-refractivity contribution >= 4 is 14.1 Å². The normalized spacial score (nSPS) is 14.1. The van der Waals surface area contributed by atoms with Crippen LogP contribution in [0.5, 0.6) is 0 Å². The van der Waals surface area contributed by atoms with Crippen molar-refractivity contribution in [3.8, 4) is 0 Å². The maximum atomic E-state index is 11.2. The fourth-order valence-corrected chi connectivity index (χ4v) is 1.95. The van der Waals surface area contributed by atoms with Crippen LogP contribution in [-0.2, 0) is 9.22 Å². The number of carbonyl (C=O) groups is 1. The van der Waals surface area contributed by atoms with Gasteiger partial charge in [0.2, 0.25) is 0 Å². The van der Waals surface area contributed by atoms with Gasteiger partial charge >= 0.3 is 0 Å². The van der Waals surface area contributed by atoms with Crippen LogP contribution in [0, 0.1) is 0 Å². The Labute approximate surface area is 101 Å². The molecule has 0 aromatic carbocycles. The van der Waals surface area contributed by atoms with Gasteiger partial charge in [0.15, 0.2) is 14.1 Å². The molecule has 0 saturated carbocycles. The molecule has 2 nitrogen and oxygen atoms in total. The lowest BCUT2D eigenvalue weighted by molar-refractivity contribution is -0.114. The zero-order valence-corrected chi connectivity index (χ0v) is 12.8. The Kier molecular flexibility index (Phi) is 5.63. The summed E-state index contributed by atoms with van der Waals surface area (Å²) in [6, 6.07) is 0. The highest BCUT2D eigenvalue weighted by Crippen LogP contribution is 2.36. The molecule has 0 atom stereocenters. The lowest BCUT2D eigenvalue weighted by Crippen LogP contribution is -2.41. The third kappa shape index (κ3) is 5.08. The molecule has 0 fully saturated rings. The zero-order chi connectivity index (χ0) is 13.0. The van der Waals surface area contributed by atoms with Crippen LogP contribution in [0.4, 0.5) is 0 Å². The van der Waals surface area contributed by atoms with E-state index in [0.717, 1.165) is 5.57 Å². The summed E-state index contributed by atoms with van der Waals surface area (Å²) in [5.41, 5.74) is 1.02. The molecular weight excluding hydrogens is 216 g/mol. The van der Waals surface area contributed by atoms with Crippen LogP contribution < -0.4 is 0 Å². The average Bonchev–Trinajstić information content (AvgIpc) is 2.13. The molecule has 0 aromatic rings. The minimum absolute atomic E-state index is 0.177. The minimum atomic E-state index is -1.68. The van der Waals surface area contributed by atoms with Crippen molar-refractivity contribution in [2.24, 2.45) is 0 Å². The minimum Gasteiger partial charge on any atom is -0.413 e. The topological polar surface area (TPSA) is 26.3 Å². The molecule has 0 heterocycles. The van der Waals surface area contributed by atoms with Gasteiger partial charge in [0.25, 0.3) is 0 Å². The van der Waals surface area contributed by atoms with E-state index in [1.54, 1.807) is 6.08 Å². The Bertz CT molecular complexity index is 272. The van der Waals surface area contributed by atoms with Crippen LogP contribution in [0.15, 0.2) is 11.6 Å². The van der Waals surface area contributed by atoms with Gasteiger partial charge in [-0.1, -0.05) is 27.7 Å². The summed E-state index contributed by atoms with van der Waals surface area (Å²) in [6.07, 6.45) is 2.27. The summed E-state index contributed by atoms with van der Waals surface area (Å²) < 4.78 is 6.02. The highest BCUT2D eigenvalue weighted by molar-refractivity contribution is 6.74. The molecule has 3 heteroatoms. The third-order valence-electron chi connectivity index (χ3n) is 3.22. The third-order valence-corrected chi connectivity index (χ3v) is 7.70. The van der Waals surface area contributed by atoms with Gasteiger partial charge in [0, 0.05) is 6.42 Å². The van der Waals surface area contributed by atoms with Gasteiger partial charge in [-0.25, -0.2) is 0 Å². The average molecular weight is 242 g/mol. The van der Waals surface area contributed by atoms with Crippen LogP contribution in [0.1, 0.15) is 41.0 Å². The van der Waals surface area contributed by atoms with E-state index in [2.05, 4.69) is 33.9 Å². The van der Waals surface area contributed by atoms with Gasteiger partial charge in [-0.05, 0) is 36.7 Å². The summed E-state index contributed by atoms with van der Waals surface area (Å²) in [7, 11) is -1.68. The molecule has 16 heavy (non-hydrogen) atoms. The predicted molar refractivity (Wildman–Crippen MR) is 72.2 cm³/mol. The SMILES string of the molecule is CCC(=O)/C=C(\C)CO[Si](C)(C)C(C)(C)C. The second kappa shape index (κ2) is 5.78. The number of hydrogen-bond acceptors (Lipinski definition) is 2. The largest absolute Gasteiger partial charge is 0.413 e. The van der Waals surface area contributed by atoms with E-state index < -0.39 is 8.32 Å². The first-order chi connectivity index (χ1) is 7.10. The van der Waals surface area contributed by atoms with Crippen molar-refractivity contribution in [2.45, 2.75) is 59.2 Å². The summed E-state index contributed by atoms with van der Waals surface area (Å²) in [5.74, 6) is 0.177. The van der Waals surface area contributed by atoms with Gasteiger partial charge in [-0.15, -0.1) is 0 Å². The molecule has 94 valence electrons. The molecule has 0 aliphatic carbocycles. The first kappa shape index (κ1) is 15.6. The van der Waals surface area contributed by atoms with Gasteiger partial charge < -0.3 is 4.43 Å². The van der Waals surface area contributed by atoms with E-state index in [9.17, 15) is 4.79 Å². The number of ketones is 1. The van der Waals surface area contributed by atoms with E-state index in [1.165, 1.54) is 0 Å². The first-order valence-electron chi connectivity index (χ1n) is 5.94. The predicted octanol–water partition coefficient (Wildman–Crippen LogP) is 3.93. The van der Waals surface area contributed by atoms with E-state index in [4.69, 9.17) is 4.43 Å². The molecule has 0 spiro atoms. The molecule has 0 aliphatic heterocycles. The van der Waals surface area contributed by atoms with E-state index in [1.807, 2.05) is 13.8 Å². The van der Waals surface area contributed by atoms with Crippen LogP contribution >= 0.6 is 0 Å². The van der Waals surface area contributed by atoms with E-state index in [0.29, 0.717) is 13.0 Å². The fraction of sp³-hybridized carbons (Fsp3) is 0.769. The fourth-order valence-electron chi connectivity index (χ4n) is 0.929. The number of carbonyl (C=O) groups excluding carboxylic acids is 1. The summed E-state index contributed by atoms with van der Waals surface area (Å²) >= 11 is 0. The molecule has 0 rings (SSSR count). The van der Waals surface area contributed by atoms with E-state index in [-0.39, 0.29) is 10.8 Å². The number of hydrogen-bond donors (Lipinski definition) is 0. The first-order valence-corrected chi connectivity index (χ1v) is 8.85. The van der Waals surface area contributed by atoms with Crippen LogP contribution in [-0.4, -0.2) is 20.7 Å². The highest BCUT2D eigenvalue weighted by atomic mass is 28.4. The van der Waals surface area contributed by atoms with Gasteiger partial charge in [-0.3, -0.25) is 4.79 Å². The number of rotatable bonds is 5. The Balaban J connectivity index is 4.36. The van der Waals surface area contributed by atoms with Crippen molar-refractivity contribution < 1.29 is 9.22 Å². The highest BCUT2D eigenvalue weighted by Gasteiger charge is 2.36. The van der Waals surface area contributed by atoms with Crippen molar-refractivity contribution in [1.82, 2.24) is 0 Å². The molecule has 0 N–H and O–H groups in total. The molecule has 0 radical (unpaired) electrons. The molecule has 0 aliphatic rings. The Hall–Kier alpha value is -0.413. The smallest absolute Gasteiger partial charge is 0.192 e. The summed E-state index contributed by atoms with van der Waals surface area (Å²) in [6.45, 7) is 15.5. The molecule has 0 saturated heterocycles. The lowest BCUT2D eigenvalue weighted by Gasteiger charge is -2.36. The Morgan fingerprint density at radius 3 is 2.19 bits per heavy atom. The second-order valence-electron chi connectivity index (χ2n) is 5.86. The Morgan fingerprint density at radius 2 is 1.81 bits per heavy atom. The van der Waals surface area contributed by atoms with Gasteiger partial charge in [0.1, 0.15) is 0 Å². The molecule has 0 amide bonds. The van der Waals surface area contributed by atoms with Crippen LogP contribution in [0.2, 0.25) is 18.1 Å². The standard InChI is InChI=1S/C13H26O2Si/c1-8-12(14)9-11(2)10-15-16(6,7)13(3,4)5/h9H,8,10H2,1-7H3/b11-9+. The van der Waals surface area contributed by atoms with Gasteiger partial charge in [0.05, 0.1) is 6.61 Å². The number of allylic oxidation sites excluding steroid dienone is 1. The zero-order valence-electron chi connectivity index (χ0n) is 11.8. The van der Waals surface area contributed by atoms with Crippen molar-refractivity contribution in [1.29, 1.82) is 0 Å². The Morgan fingerprint density at radius 1 is 1.31 bits per heavy atom. The molecular formula is C13H26O2Si. The van der Waals surface area contributed by atoms with E-state index >= 15 is 0 Å². The van der Waals surface area contributed by atoms with Crippen LogP contribution in [0.3, 0.4) is 0 Å². The van der Waals surface area contributed by atoms with Crippen LogP contribution in [0.25, 0.3) is 0 Å². The molecule has 0 unspecified atom stereocenters. The second-order valence-corrected chi connectivity index (χ2v) is 10.7. The molecule has 0 bridgehead atoms. The van der Waals surface area contributed by atoms with Crippen molar-refractivity contribution in [2.75, 3.05) is 6.61 Å². The maximum absolute atomic E-state index is 11.2. The monoisotopic (exact) mass is 242 g/mol. The quantitative estimate of drug-likeness (QED) is 0.539. The van der Waals surface area contributed by atoms with Crippen molar-refractivity contribution in [3.63, 3.8) is 0 Å². The summed E-state index contributed by atoms with van der Waals surface area (Å²) in [5, 5.41) is 0.224. The van der Waals surface area contributed by atoms with Crippen molar-refractivity contribution in [3.05, 3.63) is 11.6 Å². The molecule has 0 aromatic heterocycles. The lowest BCUT2D eigenvalue weighted by atomic mass is 10.2.